The molecule has 0 rings (SSSR count). The van der Waals surface area contributed by atoms with Crippen molar-refractivity contribution < 1.29 is 14.6 Å². The van der Waals surface area contributed by atoms with Crippen LogP contribution < -0.4 is 0 Å². The number of nitrogens with zero attached hydrogens (tertiary/aromatic N) is 1. The van der Waals surface area contributed by atoms with Crippen molar-refractivity contribution in [2.45, 2.75) is 26.4 Å². The minimum atomic E-state index is -0.325. The molecule has 88 valence electrons. The number of carbonyl (C=O) groups excluding carboxylic acids is 1. The molecule has 0 saturated heterocycles. The monoisotopic (exact) mass is 215 g/mol. The van der Waals surface area contributed by atoms with Crippen LogP contribution in [0.25, 0.3) is 0 Å². The molecule has 1 N–H and O–H groups in total. The summed E-state index contributed by atoms with van der Waals surface area (Å²) in [5.41, 5.74) is -0.325. The van der Waals surface area contributed by atoms with E-state index in [1.54, 1.807) is 6.08 Å². The maximum atomic E-state index is 11.6. The second kappa shape index (κ2) is 6.58. The fourth-order valence-corrected chi connectivity index (χ4v) is 0.964. The van der Waals surface area contributed by atoms with Crippen molar-refractivity contribution in [1.82, 2.24) is 4.90 Å². The summed E-state index contributed by atoms with van der Waals surface area (Å²) in [5.74, 6) is -0.126. The first-order valence-electron chi connectivity index (χ1n) is 5.04. The predicted molar refractivity (Wildman–Crippen MR) is 59.6 cm³/mol. The number of hydrogen-bond acceptors (Lipinski definition) is 3. The van der Waals surface area contributed by atoms with Gasteiger partial charge >= 0.3 is 0 Å². The van der Waals surface area contributed by atoms with Gasteiger partial charge in [0.2, 0.25) is 5.91 Å². The Morgan fingerprint density at radius 2 is 2.13 bits per heavy atom. The van der Waals surface area contributed by atoms with E-state index in [4.69, 9.17) is 9.84 Å². The Kier molecular flexibility index (Phi) is 6.20. The van der Waals surface area contributed by atoms with Gasteiger partial charge in [0, 0.05) is 13.1 Å². The third kappa shape index (κ3) is 7.11. The second-order valence-corrected chi connectivity index (χ2v) is 4.25. The van der Waals surface area contributed by atoms with E-state index in [-0.39, 0.29) is 24.7 Å². The highest BCUT2D eigenvalue weighted by atomic mass is 16.5. The number of hydrogen-bond donors (Lipinski definition) is 1. The molecule has 0 aliphatic rings. The molecule has 0 aliphatic carbocycles. The Morgan fingerprint density at radius 3 is 2.53 bits per heavy atom. The van der Waals surface area contributed by atoms with Crippen molar-refractivity contribution >= 4 is 5.91 Å². The molecule has 0 aromatic rings. The van der Waals surface area contributed by atoms with Crippen LogP contribution in [0.1, 0.15) is 20.8 Å². The molecular weight excluding hydrogens is 194 g/mol. The molecule has 15 heavy (non-hydrogen) atoms. The molecule has 0 aromatic carbocycles. The van der Waals surface area contributed by atoms with Gasteiger partial charge in [-0.1, -0.05) is 6.08 Å². The van der Waals surface area contributed by atoms with Crippen LogP contribution in [0.5, 0.6) is 0 Å². The smallest absolute Gasteiger partial charge is 0.248 e. The Labute approximate surface area is 91.5 Å². The van der Waals surface area contributed by atoms with Gasteiger partial charge in [-0.2, -0.15) is 0 Å². The van der Waals surface area contributed by atoms with Gasteiger partial charge in [0.1, 0.15) is 6.61 Å². The molecule has 4 nitrogen and oxygen atoms in total. The van der Waals surface area contributed by atoms with Crippen LogP contribution in [0.2, 0.25) is 0 Å². The molecule has 1 amide bonds. The Hall–Kier alpha value is -0.870. The molecule has 0 heterocycles. The van der Waals surface area contributed by atoms with Gasteiger partial charge in [0.15, 0.2) is 0 Å². The van der Waals surface area contributed by atoms with Crippen molar-refractivity contribution in [1.29, 1.82) is 0 Å². The lowest BCUT2D eigenvalue weighted by Crippen LogP contribution is -2.38. The number of rotatable bonds is 6. The summed E-state index contributed by atoms with van der Waals surface area (Å²) in [6.45, 7) is 9.98. The molecule has 0 atom stereocenters. The van der Waals surface area contributed by atoms with E-state index in [1.165, 1.54) is 4.90 Å². The first-order valence-corrected chi connectivity index (χ1v) is 5.04. The third-order valence-corrected chi connectivity index (χ3v) is 1.70. The van der Waals surface area contributed by atoms with Crippen LogP contribution in [-0.4, -0.2) is 47.8 Å². The Balaban J connectivity index is 4.07. The van der Waals surface area contributed by atoms with Gasteiger partial charge < -0.3 is 14.7 Å². The summed E-state index contributed by atoms with van der Waals surface area (Å²) in [5, 5.41) is 8.77. The number of aliphatic hydroxyl groups is 1. The Bertz CT molecular complexity index is 208. The first-order chi connectivity index (χ1) is 6.90. The summed E-state index contributed by atoms with van der Waals surface area (Å²) in [4.78, 5) is 13.1. The number of carbonyl (C=O) groups is 1. The van der Waals surface area contributed by atoms with Crippen LogP contribution >= 0.6 is 0 Å². The van der Waals surface area contributed by atoms with Gasteiger partial charge in [-0.05, 0) is 20.8 Å². The average molecular weight is 215 g/mol. The largest absolute Gasteiger partial charge is 0.395 e. The van der Waals surface area contributed by atoms with E-state index < -0.39 is 0 Å². The molecule has 0 bridgehead atoms. The predicted octanol–water partition coefficient (Wildman–Crippen LogP) is 0.808. The summed E-state index contributed by atoms with van der Waals surface area (Å²) in [6, 6.07) is 0. The van der Waals surface area contributed by atoms with Gasteiger partial charge in [0.25, 0.3) is 0 Å². The topological polar surface area (TPSA) is 49.8 Å². The molecule has 0 saturated carbocycles. The summed E-state index contributed by atoms with van der Waals surface area (Å²) in [6.07, 6.45) is 1.63. The average Bonchev–Trinajstić information content (AvgIpc) is 2.13. The molecule has 0 aliphatic heterocycles. The standard InChI is InChI=1S/C11H21NO3/c1-5-6-12(7-8-13)10(14)9-15-11(2,3)4/h5,13H,1,6-9H2,2-4H3. The van der Waals surface area contributed by atoms with E-state index >= 15 is 0 Å². The molecule has 0 spiro atoms. The molecule has 0 radical (unpaired) electrons. The van der Waals surface area contributed by atoms with Crippen molar-refractivity contribution in [3.05, 3.63) is 12.7 Å². The van der Waals surface area contributed by atoms with Crippen molar-refractivity contribution in [2.75, 3.05) is 26.3 Å². The fourth-order valence-electron chi connectivity index (χ4n) is 0.964. The number of aliphatic hydroxyl groups excluding tert-OH is 1. The lowest BCUT2D eigenvalue weighted by atomic mass is 10.2. The molecule has 0 aromatic heterocycles. The molecule has 0 unspecified atom stereocenters. The van der Waals surface area contributed by atoms with Gasteiger partial charge in [0.05, 0.1) is 12.2 Å². The highest BCUT2D eigenvalue weighted by molar-refractivity contribution is 5.77. The minimum absolute atomic E-state index is 0.0390. The van der Waals surface area contributed by atoms with Gasteiger partial charge in [-0.25, -0.2) is 0 Å². The van der Waals surface area contributed by atoms with Crippen molar-refractivity contribution in [2.24, 2.45) is 0 Å². The first kappa shape index (κ1) is 14.1. The van der Waals surface area contributed by atoms with E-state index in [1.807, 2.05) is 20.8 Å². The van der Waals surface area contributed by atoms with Gasteiger partial charge in [-0.15, -0.1) is 6.58 Å². The van der Waals surface area contributed by atoms with E-state index in [2.05, 4.69) is 6.58 Å². The third-order valence-electron chi connectivity index (χ3n) is 1.70. The van der Waals surface area contributed by atoms with Crippen LogP contribution in [0.4, 0.5) is 0 Å². The molecular formula is C11H21NO3. The van der Waals surface area contributed by atoms with E-state index in [0.717, 1.165) is 0 Å². The highest BCUT2D eigenvalue weighted by Gasteiger charge is 2.16. The highest BCUT2D eigenvalue weighted by Crippen LogP contribution is 2.06. The fraction of sp³-hybridized carbons (Fsp3) is 0.727. The molecule has 4 heteroatoms. The maximum absolute atomic E-state index is 11.6. The van der Waals surface area contributed by atoms with E-state index in [0.29, 0.717) is 13.1 Å². The number of ether oxygens (including phenoxy) is 1. The zero-order valence-electron chi connectivity index (χ0n) is 9.82. The maximum Gasteiger partial charge on any atom is 0.248 e. The van der Waals surface area contributed by atoms with Gasteiger partial charge in [-0.3, -0.25) is 4.79 Å². The quantitative estimate of drug-likeness (QED) is 0.667. The second-order valence-electron chi connectivity index (χ2n) is 4.25. The summed E-state index contributed by atoms with van der Waals surface area (Å²) < 4.78 is 5.36. The zero-order chi connectivity index (χ0) is 11.9. The van der Waals surface area contributed by atoms with Crippen molar-refractivity contribution in [3.63, 3.8) is 0 Å². The Morgan fingerprint density at radius 1 is 1.53 bits per heavy atom. The van der Waals surface area contributed by atoms with Crippen LogP contribution in [0.15, 0.2) is 12.7 Å². The van der Waals surface area contributed by atoms with Crippen molar-refractivity contribution in [3.8, 4) is 0 Å². The lowest BCUT2D eigenvalue weighted by Gasteiger charge is -2.24. The summed E-state index contributed by atoms with van der Waals surface area (Å²) in [7, 11) is 0. The van der Waals surface area contributed by atoms with E-state index in [9.17, 15) is 4.79 Å². The minimum Gasteiger partial charge on any atom is -0.395 e. The van der Waals surface area contributed by atoms with Crippen LogP contribution in [0, 0.1) is 0 Å². The van der Waals surface area contributed by atoms with Crippen LogP contribution in [-0.2, 0) is 9.53 Å². The lowest BCUT2D eigenvalue weighted by molar-refractivity contribution is -0.140. The SMILES string of the molecule is C=CCN(CCO)C(=O)COC(C)(C)C. The normalized spacial score (nSPS) is 11.2. The zero-order valence-corrected chi connectivity index (χ0v) is 9.82. The summed E-state index contributed by atoms with van der Waals surface area (Å²) >= 11 is 0. The van der Waals surface area contributed by atoms with Crippen LogP contribution in [0.3, 0.4) is 0 Å². The number of amides is 1. The molecule has 0 fully saturated rings.